The van der Waals surface area contributed by atoms with E-state index in [-0.39, 0.29) is 12.4 Å². The molecule has 1 saturated heterocycles. The maximum Gasteiger partial charge on any atom is 0.351 e. The Labute approximate surface area is 169 Å². The second-order valence-electron chi connectivity index (χ2n) is 6.01. The average Bonchev–Trinajstić information content (AvgIpc) is 2.88. The molecule has 0 aromatic carbocycles. The van der Waals surface area contributed by atoms with Crippen LogP contribution in [0.1, 0.15) is 32.6 Å². The maximum absolute atomic E-state index is 12.5. The monoisotopic (exact) mass is 457 g/mol. The minimum Gasteiger partial charge on any atom is -0.463 e. The van der Waals surface area contributed by atoms with Crippen LogP contribution >= 0.6 is 15.9 Å². The van der Waals surface area contributed by atoms with E-state index < -0.39 is 46.8 Å². The first-order valence-electron chi connectivity index (χ1n) is 8.27. The molecular formula is C17H20BrN3O7. The molecule has 11 heteroatoms. The number of ether oxygens (including phenoxy) is 3. The first-order valence-corrected chi connectivity index (χ1v) is 9.19. The molecule has 0 saturated carbocycles. The zero-order valence-electron chi connectivity index (χ0n) is 15.5. The third-order valence-corrected chi connectivity index (χ3v) is 4.90. The molecule has 28 heavy (non-hydrogen) atoms. The van der Waals surface area contributed by atoms with Crippen molar-refractivity contribution in [3.63, 3.8) is 0 Å². The number of carbonyl (C=O) groups is 3. The van der Waals surface area contributed by atoms with Crippen LogP contribution in [-0.4, -0.2) is 51.0 Å². The highest BCUT2D eigenvalue weighted by Crippen LogP contribution is 2.36. The standard InChI is InChI=1S/C17H20BrN3O7/c1-5-11-6-21(17(25)20-15(11)19-8(2)22)16-14(27-10(4)24)13(18)12(28-16)7-26-9(3)23/h5-6,12-14,16H,1,7H2,2-4H3,(H,19,20,22,25)/t12-,13+,14-,16-/m1/s1. The highest BCUT2D eigenvalue weighted by molar-refractivity contribution is 9.09. The summed E-state index contributed by atoms with van der Waals surface area (Å²) in [5.41, 5.74) is -0.362. The molecule has 152 valence electrons. The molecule has 1 amide bonds. The topological polar surface area (TPSA) is 126 Å². The molecule has 0 aliphatic carbocycles. The maximum atomic E-state index is 12.5. The number of carbonyl (C=O) groups excluding carboxylic acids is 3. The summed E-state index contributed by atoms with van der Waals surface area (Å²) in [5.74, 6) is -1.42. The summed E-state index contributed by atoms with van der Waals surface area (Å²) in [7, 11) is 0. The minimum atomic E-state index is -1.03. The molecule has 2 heterocycles. The SMILES string of the molecule is C=Cc1cn([C@@H]2O[C@H](COC(C)=O)[C@H](Br)[C@H]2OC(C)=O)c(=O)nc1NC(C)=O. The third-order valence-electron chi connectivity index (χ3n) is 3.79. The molecule has 1 aliphatic rings. The fraction of sp³-hybridized carbons (Fsp3) is 0.471. The Morgan fingerprint density at radius 2 is 2.04 bits per heavy atom. The van der Waals surface area contributed by atoms with E-state index in [2.05, 4.69) is 32.8 Å². The molecule has 2 rings (SSSR count). The van der Waals surface area contributed by atoms with Crippen molar-refractivity contribution in [2.75, 3.05) is 11.9 Å². The van der Waals surface area contributed by atoms with E-state index in [0.717, 1.165) is 4.57 Å². The number of nitrogens with zero attached hydrogens (tertiary/aromatic N) is 2. The lowest BCUT2D eigenvalue weighted by Crippen LogP contribution is -2.37. The molecule has 4 atom stereocenters. The Morgan fingerprint density at radius 1 is 1.36 bits per heavy atom. The second-order valence-corrected chi connectivity index (χ2v) is 7.06. The van der Waals surface area contributed by atoms with E-state index in [1.165, 1.54) is 33.0 Å². The number of halogens is 1. The molecule has 0 bridgehead atoms. The normalized spacial score (nSPS) is 23.7. The van der Waals surface area contributed by atoms with Crippen LogP contribution in [0.3, 0.4) is 0 Å². The van der Waals surface area contributed by atoms with Crippen LogP contribution in [0.2, 0.25) is 0 Å². The van der Waals surface area contributed by atoms with E-state index in [9.17, 15) is 19.2 Å². The predicted octanol–water partition coefficient (Wildman–Crippen LogP) is 1.00. The van der Waals surface area contributed by atoms with Gasteiger partial charge < -0.3 is 19.5 Å². The Balaban J connectivity index is 2.42. The molecule has 1 aromatic rings. The number of hydrogen-bond donors (Lipinski definition) is 1. The first-order chi connectivity index (χ1) is 13.1. The van der Waals surface area contributed by atoms with Gasteiger partial charge in [-0.3, -0.25) is 19.0 Å². The summed E-state index contributed by atoms with van der Waals surface area (Å²) in [6.07, 6.45) is 0.211. The molecule has 0 unspecified atom stereocenters. The van der Waals surface area contributed by atoms with Crippen LogP contribution in [-0.2, 0) is 28.6 Å². The zero-order chi connectivity index (χ0) is 21.0. The van der Waals surface area contributed by atoms with Crippen molar-refractivity contribution >= 4 is 45.7 Å². The third kappa shape index (κ3) is 5.04. The molecule has 1 aromatic heterocycles. The number of alkyl halides is 1. The smallest absolute Gasteiger partial charge is 0.351 e. The Kier molecular flexibility index (Phi) is 7.08. The number of nitrogens with one attached hydrogen (secondary N) is 1. The quantitative estimate of drug-likeness (QED) is 0.495. The summed E-state index contributed by atoms with van der Waals surface area (Å²) < 4.78 is 17.2. The van der Waals surface area contributed by atoms with Crippen LogP contribution < -0.4 is 11.0 Å². The van der Waals surface area contributed by atoms with Gasteiger partial charge in [-0.25, -0.2) is 4.79 Å². The van der Waals surface area contributed by atoms with E-state index in [0.29, 0.717) is 5.56 Å². The number of aromatic nitrogens is 2. The van der Waals surface area contributed by atoms with Gasteiger partial charge >= 0.3 is 17.6 Å². The van der Waals surface area contributed by atoms with E-state index >= 15 is 0 Å². The number of rotatable bonds is 6. The lowest BCUT2D eigenvalue weighted by Gasteiger charge is -2.22. The Morgan fingerprint density at radius 3 is 2.57 bits per heavy atom. The van der Waals surface area contributed by atoms with Gasteiger partial charge in [0.1, 0.15) is 18.5 Å². The van der Waals surface area contributed by atoms with E-state index in [4.69, 9.17) is 14.2 Å². The van der Waals surface area contributed by atoms with Gasteiger partial charge in [-0.15, -0.1) is 0 Å². The fourth-order valence-corrected chi connectivity index (χ4v) is 3.30. The Bertz CT molecular complexity index is 854. The van der Waals surface area contributed by atoms with Gasteiger partial charge in [0.15, 0.2) is 12.3 Å². The van der Waals surface area contributed by atoms with Crippen LogP contribution in [0.25, 0.3) is 6.08 Å². The zero-order valence-corrected chi connectivity index (χ0v) is 17.1. The van der Waals surface area contributed by atoms with Gasteiger partial charge in [-0.2, -0.15) is 4.98 Å². The molecule has 1 fully saturated rings. The van der Waals surface area contributed by atoms with Crippen molar-refractivity contribution in [3.8, 4) is 0 Å². The largest absolute Gasteiger partial charge is 0.463 e. The van der Waals surface area contributed by atoms with Gasteiger partial charge in [0.25, 0.3) is 0 Å². The molecule has 0 spiro atoms. The number of anilines is 1. The van der Waals surface area contributed by atoms with Crippen LogP contribution in [0.15, 0.2) is 17.6 Å². The fourth-order valence-electron chi connectivity index (χ4n) is 2.65. The highest BCUT2D eigenvalue weighted by atomic mass is 79.9. The number of amides is 1. The predicted molar refractivity (Wildman–Crippen MR) is 102 cm³/mol. The van der Waals surface area contributed by atoms with E-state index in [1.54, 1.807) is 0 Å². The van der Waals surface area contributed by atoms with Crippen molar-refractivity contribution < 1.29 is 28.6 Å². The van der Waals surface area contributed by atoms with Crippen molar-refractivity contribution in [1.82, 2.24) is 9.55 Å². The molecule has 1 N–H and O–H groups in total. The molecular weight excluding hydrogens is 438 g/mol. The number of hydrogen-bond acceptors (Lipinski definition) is 8. The molecule has 10 nitrogen and oxygen atoms in total. The second kappa shape index (κ2) is 9.11. The summed E-state index contributed by atoms with van der Waals surface area (Å²) in [6, 6.07) is 0. The average molecular weight is 458 g/mol. The van der Waals surface area contributed by atoms with Gasteiger partial charge in [-0.05, 0) is 0 Å². The van der Waals surface area contributed by atoms with Crippen LogP contribution in [0.5, 0.6) is 0 Å². The van der Waals surface area contributed by atoms with E-state index in [1.807, 2.05) is 0 Å². The van der Waals surface area contributed by atoms with Crippen molar-refractivity contribution in [2.24, 2.45) is 0 Å². The number of esters is 2. The van der Waals surface area contributed by atoms with Gasteiger partial charge in [-0.1, -0.05) is 28.6 Å². The minimum absolute atomic E-state index is 0.0534. The van der Waals surface area contributed by atoms with Crippen molar-refractivity contribution in [3.05, 3.63) is 28.8 Å². The van der Waals surface area contributed by atoms with Gasteiger partial charge in [0, 0.05) is 32.5 Å². The summed E-state index contributed by atoms with van der Waals surface area (Å²) in [5, 5.41) is 2.45. The van der Waals surface area contributed by atoms with Crippen molar-refractivity contribution in [1.29, 1.82) is 0 Å². The lowest BCUT2D eigenvalue weighted by atomic mass is 10.2. The van der Waals surface area contributed by atoms with Gasteiger partial charge in [0.05, 0.1) is 4.83 Å². The summed E-state index contributed by atoms with van der Waals surface area (Å²) in [6.45, 7) is 7.31. The highest BCUT2D eigenvalue weighted by Gasteiger charge is 2.47. The summed E-state index contributed by atoms with van der Waals surface area (Å²) >= 11 is 3.39. The molecule has 1 aliphatic heterocycles. The first kappa shape index (κ1) is 21.8. The van der Waals surface area contributed by atoms with Gasteiger partial charge in [0.2, 0.25) is 5.91 Å². The molecule has 0 radical (unpaired) electrons. The summed E-state index contributed by atoms with van der Waals surface area (Å²) in [4.78, 5) is 49.8. The Hall–Kier alpha value is -2.53. The van der Waals surface area contributed by atoms with Crippen molar-refractivity contribution in [2.45, 2.75) is 44.0 Å². The van der Waals surface area contributed by atoms with Crippen LogP contribution in [0, 0.1) is 0 Å². The van der Waals surface area contributed by atoms with Crippen LogP contribution in [0.4, 0.5) is 5.82 Å². The lowest BCUT2D eigenvalue weighted by molar-refractivity contribution is -0.153.